The third kappa shape index (κ3) is 2.64. The molecule has 0 aliphatic carbocycles. The van der Waals surface area contributed by atoms with Gasteiger partial charge in [-0.2, -0.15) is 5.10 Å². The van der Waals surface area contributed by atoms with Crippen LogP contribution in [0, 0.1) is 13.8 Å². The molecule has 7 heteroatoms. The quantitative estimate of drug-likeness (QED) is 0.788. The van der Waals surface area contributed by atoms with E-state index in [-0.39, 0.29) is 11.8 Å². The molecule has 118 valence electrons. The fourth-order valence-corrected chi connectivity index (χ4v) is 3.04. The fraction of sp³-hybridized carbons (Fsp3) is 0.533. The van der Waals surface area contributed by atoms with E-state index in [9.17, 15) is 4.79 Å². The highest BCUT2D eigenvalue weighted by Crippen LogP contribution is 2.22. The number of H-pyrrole nitrogens is 1. The predicted molar refractivity (Wildman–Crippen MR) is 80.7 cm³/mol. The zero-order valence-corrected chi connectivity index (χ0v) is 13.1. The minimum absolute atomic E-state index is 0.139. The molecule has 1 unspecified atom stereocenters. The Kier molecular flexibility index (Phi) is 3.98. The average molecular weight is 303 g/mol. The number of fused-ring (bicyclic) bond motifs is 1. The third-order valence-electron chi connectivity index (χ3n) is 4.17. The van der Waals surface area contributed by atoms with E-state index in [1.807, 2.05) is 20.8 Å². The van der Waals surface area contributed by atoms with Crippen LogP contribution in [0.1, 0.15) is 51.6 Å². The van der Waals surface area contributed by atoms with Gasteiger partial charge in [-0.25, -0.2) is 0 Å². The van der Waals surface area contributed by atoms with Gasteiger partial charge in [-0.1, -0.05) is 12.1 Å². The van der Waals surface area contributed by atoms with Crippen molar-refractivity contribution in [1.29, 1.82) is 0 Å². The Bertz CT molecular complexity index is 669. The van der Waals surface area contributed by atoms with E-state index in [1.54, 1.807) is 0 Å². The number of aryl methyl sites for hydroxylation is 2. The molecule has 22 heavy (non-hydrogen) atoms. The van der Waals surface area contributed by atoms with Gasteiger partial charge in [0.05, 0.1) is 5.69 Å². The van der Waals surface area contributed by atoms with Gasteiger partial charge < -0.3 is 15.2 Å². The Morgan fingerprint density at radius 2 is 2.27 bits per heavy atom. The van der Waals surface area contributed by atoms with E-state index in [0.29, 0.717) is 18.8 Å². The first kappa shape index (κ1) is 14.8. The molecule has 0 fully saturated rings. The molecule has 0 spiro atoms. The number of hydrogen-bond acceptors (Lipinski definition) is 5. The van der Waals surface area contributed by atoms with Crippen molar-refractivity contribution in [3.63, 3.8) is 0 Å². The summed E-state index contributed by atoms with van der Waals surface area (Å²) in [5, 5.41) is 17.3. The predicted octanol–water partition coefficient (Wildman–Crippen LogP) is 1.19. The van der Waals surface area contributed by atoms with E-state index in [2.05, 4.69) is 26.0 Å². The second-order valence-corrected chi connectivity index (χ2v) is 5.81. The number of hydrogen-bond donors (Lipinski definition) is 3. The van der Waals surface area contributed by atoms with Crippen LogP contribution in [-0.2, 0) is 13.0 Å². The highest BCUT2D eigenvalue weighted by molar-refractivity contribution is 5.94. The zero-order valence-electron chi connectivity index (χ0n) is 13.1. The Morgan fingerprint density at radius 1 is 1.45 bits per heavy atom. The van der Waals surface area contributed by atoms with Gasteiger partial charge in [0.15, 0.2) is 5.69 Å². The zero-order chi connectivity index (χ0) is 15.7. The molecule has 3 heterocycles. The lowest BCUT2D eigenvalue weighted by molar-refractivity contribution is 0.0945. The van der Waals surface area contributed by atoms with Crippen molar-refractivity contribution in [3.8, 4) is 0 Å². The molecule has 1 atom stereocenters. The second kappa shape index (κ2) is 5.92. The first-order chi connectivity index (χ1) is 10.6. The maximum Gasteiger partial charge on any atom is 0.272 e. The highest BCUT2D eigenvalue weighted by Gasteiger charge is 2.23. The standard InChI is InChI=1S/C15H21N5O2/c1-8(13-9(2)20-22-10(13)3)6-17-15(21)14-11-7-16-5-4-12(11)18-19-14/h8,16H,4-7H2,1-3H3,(H,17,21)(H,18,19). The van der Waals surface area contributed by atoms with Crippen molar-refractivity contribution < 1.29 is 9.32 Å². The summed E-state index contributed by atoms with van der Waals surface area (Å²) >= 11 is 0. The SMILES string of the molecule is Cc1noc(C)c1C(C)CNC(=O)c1n[nH]c2c1CNCC2. The van der Waals surface area contributed by atoms with Crippen LogP contribution in [0.4, 0.5) is 0 Å². The van der Waals surface area contributed by atoms with Crippen LogP contribution in [-0.4, -0.2) is 34.4 Å². The molecular formula is C15H21N5O2. The summed E-state index contributed by atoms with van der Waals surface area (Å²) in [4.78, 5) is 12.4. The van der Waals surface area contributed by atoms with E-state index in [4.69, 9.17) is 4.52 Å². The molecule has 0 saturated heterocycles. The van der Waals surface area contributed by atoms with Gasteiger partial charge in [0.2, 0.25) is 0 Å². The van der Waals surface area contributed by atoms with Crippen molar-refractivity contribution >= 4 is 5.91 Å². The first-order valence-electron chi connectivity index (χ1n) is 7.55. The summed E-state index contributed by atoms with van der Waals surface area (Å²) < 4.78 is 5.18. The van der Waals surface area contributed by atoms with Gasteiger partial charge in [0.25, 0.3) is 5.91 Å². The summed E-state index contributed by atoms with van der Waals surface area (Å²) in [6.45, 7) is 7.99. The van der Waals surface area contributed by atoms with Crippen LogP contribution in [0.25, 0.3) is 0 Å². The number of nitrogens with zero attached hydrogens (tertiary/aromatic N) is 2. The molecule has 0 aromatic carbocycles. The molecule has 1 amide bonds. The largest absolute Gasteiger partial charge is 0.361 e. The van der Waals surface area contributed by atoms with Crippen LogP contribution in [0.5, 0.6) is 0 Å². The van der Waals surface area contributed by atoms with Gasteiger partial charge in [-0.05, 0) is 13.8 Å². The Labute approximate surface area is 128 Å². The lowest BCUT2D eigenvalue weighted by Crippen LogP contribution is -2.30. The Balaban J connectivity index is 1.67. The average Bonchev–Trinajstić information content (AvgIpc) is 3.08. The van der Waals surface area contributed by atoms with Crippen LogP contribution < -0.4 is 10.6 Å². The van der Waals surface area contributed by atoms with Crippen molar-refractivity contribution in [2.75, 3.05) is 13.1 Å². The minimum atomic E-state index is -0.139. The van der Waals surface area contributed by atoms with E-state index < -0.39 is 0 Å². The Hall–Kier alpha value is -2.15. The molecule has 3 N–H and O–H groups in total. The van der Waals surface area contributed by atoms with Gasteiger partial charge in [-0.3, -0.25) is 9.89 Å². The molecule has 0 radical (unpaired) electrons. The number of rotatable bonds is 4. The smallest absolute Gasteiger partial charge is 0.272 e. The van der Waals surface area contributed by atoms with Crippen molar-refractivity contribution in [3.05, 3.63) is 34.0 Å². The first-order valence-corrected chi connectivity index (χ1v) is 7.55. The molecule has 1 aliphatic rings. The fourth-order valence-electron chi connectivity index (χ4n) is 3.04. The summed E-state index contributed by atoms with van der Waals surface area (Å²) in [7, 11) is 0. The van der Waals surface area contributed by atoms with Crippen LogP contribution in [0.3, 0.4) is 0 Å². The molecule has 1 aliphatic heterocycles. The number of aromatic amines is 1. The van der Waals surface area contributed by atoms with Gasteiger partial charge in [-0.15, -0.1) is 0 Å². The van der Waals surface area contributed by atoms with E-state index in [0.717, 1.165) is 41.2 Å². The lowest BCUT2D eigenvalue weighted by Gasteiger charge is -2.14. The van der Waals surface area contributed by atoms with Gasteiger partial charge >= 0.3 is 0 Å². The molecule has 2 aromatic heterocycles. The molecule has 7 nitrogen and oxygen atoms in total. The summed E-state index contributed by atoms with van der Waals surface area (Å²) in [5.74, 6) is 0.809. The van der Waals surface area contributed by atoms with E-state index >= 15 is 0 Å². The summed E-state index contributed by atoms with van der Waals surface area (Å²) in [5.41, 5.74) is 4.47. The van der Waals surface area contributed by atoms with Gasteiger partial charge in [0, 0.05) is 48.8 Å². The molecule has 0 saturated carbocycles. The second-order valence-electron chi connectivity index (χ2n) is 5.81. The lowest BCUT2D eigenvalue weighted by atomic mass is 9.99. The number of amides is 1. The van der Waals surface area contributed by atoms with Gasteiger partial charge in [0.1, 0.15) is 5.76 Å². The topological polar surface area (TPSA) is 95.8 Å². The molecule has 0 bridgehead atoms. The van der Waals surface area contributed by atoms with Crippen LogP contribution in [0.2, 0.25) is 0 Å². The normalized spacial score (nSPS) is 15.4. The van der Waals surface area contributed by atoms with Crippen molar-refractivity contribution in [2.24, 2.45) is 0 Å². The van der Waals surface area contributed by atoms with Crippen LogP contribution >= 0.6 is 0 Å². The molecule has 3 rings (SSSR count). The van der Waals surface area contributed by atoms with Crippen molar-refractivity contribution in [1.82, 2.24) is 26.0 Å². The number of carbonyl (C=O) groups is 1. The number of carbonyl (C=O) groups excluding carboxylic acids is 1. The van der Waals surface area contributed by atoms with E-state index in [1.165, 1.54) is 0 Å². The highest BCUT2D eigenvalue weighted by atomic mass is 16.5. The van der Waals surface area contributed by atoms with Crippen LogP contribution in [0.15, 0.2) is 4.52 Å². The summed E-state index contributed by atoms with van der Waals surface area (Å²) in [6, 6.07) is 0. The maximum absolute atomic E-state index is 12.4. The minimum Gasteiger partial charge on any atom is -0.361 e. The monoisotopic (exact) mass is 303 g/mol. The third-order valence-corrected chi connectivity index (χ3v) is 4.17. The summed E-state index contributed by atoms with van der Waals surface area (Å²) in [6.07, 6.45) is 0.880. The maximum atomic E-state index is 12.4. The number of aromatic nitrogens is 3. The van der Waals surface area contributed by atoms with Crippen molar-refractivity contribution in [2.45, 2.75) is 39.7 Å². The molecular weight excluding hydrogens is 282 g/mol. The Morgan fingerprint density at radius 3 is 3.00 bits per heavy atom. The number of nitrogens with one attached hydrogen (secondary N) is 3. The molecule has 2 aromatic rings.